The molecule has 24 heavy (non-hydrogen) atoms. The van der Waals surface area contributed by atoms with E-state index in [0.29, 0.717) is 5.52 Å². The molecule has 120 valence electrons. The third-order valence-electron chi connectivity index (χ3n) is 3.97. The molecular formula is C17H14N4O3. The van der Waals surface area contributed by atoms with Crippen LogP contribution in [0.1, 0.15) is 10.5 Å². The molecule has 0 bridgehead atoms. The van der Waals surface area contributed by atoms with E-state index >= 15 is 0 Å². The summed E-state index contributed by atoms with van der Waals surface area (Å²) in [5.74, 6) is -1.17. The molecule has 0 amide bonds. The summed E-state index contributed by atoms with van der Waals surface area (Å²) in [6.45, 7) is 0. The Morgan fingerprint density at radius 2 is 2.00 bits per heavy atom. The largest absolute Gasteiger partial charge is 0.476 e. The Labute approximate surface area is 135 Å². The average molecular weight is 322 g/mol. The number of carboxylic acids is 1. The lowest BCUT2D eigenvalue weighted by atomic mass is 10.2. The third-order valence-corrected chi connectivity index (χ3v) is 3.97. The van der Waals surface area contributed by atoms with Crippen LogP contribution in [0.3, 0.4) is 0 Å². The van der Waals surface area contributed by atoms with Crippen LogP contribution in [0.4, 0.5) is 0 Å². The molecule has 0 atom stereocenters. The molecule has 0 aliphatic rings. The molecule has 4 rings (SSSR count). The number of rotatable bonds is 2. The van der Waals surface area contributed by atoms with Gasteiger partial charge in [-0.1, -0.05) is 24.3 Å². The second-order valence-electron chi connectivity index (χ2n) is 5.85. The summed E-state index contributed by atoms with van der Waals surface area (Å²) in [6.07, 6.45) is 3.34. The lowest BCUT2D eigenvalue weighted by Gasteiger charge is -2.03. The molecule has 0 spiro atoms. The summed E-state index contributed by atoms with van der Waals surface area (Å²) in [6, 6.07) is 7.74. The highest BCUT2D eigenvalue weighted by atomic mass is 16.4. The first-order valence-electron chi connectivity index (χ1n) is 7.34. The Kier molecular flexibility index (Phi) is 2.86. The topological polar surface area (TPSA) is 90.7 Å². The van der Waals surface area contributed by atoms with Gasteiger partial charge in [0.05, 0.1) is 11.0 Å². The van der Waals surface area contributed by atoms with Crippen molar-refractivity contribution in [2.24, 2.45) is 0 Å². The number of aromatic nitrogens is 3. The number of nitrogens with zero attached hydrogens (tertiary/aromatic N) is 3. The minimum absolute atomic E-state index is 0.0728. The van der Waals surface area contributed by atoms with Crippen molar-refractivity contribution in [2.75, 3.05) is 14.1 Å². The van der Waals surface area contributed by atoms with Crippen molar-refractivity contribution in [3.05, 3.63) is 51.7 Å². The number of aromatic amines is 1. The van der Waals surface area contributed by atoms with Gasteiger partial charge in [-0.25, -0.2) is 9.78 Å². The van der Waals surface area contributed by atoms with Crippen LogP contribution in [-0.2, 0) is 0 Å². The van der Waals surface area contributed by atoms with E-state index < -0.39 is 11.5 Å². The number of hydrogen-bond donors (Lipinski definition) is 2. The molecule has 7 nitrogen and oxygen atoms in total. The number of benzene rings is 1. The maximum Gasteiger partial charge on any atom is 0.356 e. The standard InChI is InChI=1S/C17H14N4O3/c1-20(2)7-11-9-5-3-4-6-10(9)13-14(11)21-8-12(17(23)24)18-15(21)16(22)19-13/h3-8H,1-2H3,(H,19,22)(H,23,24)/b11-7+. The quantitative estimate of drug-likeness (QED) is 0.575. The van der Waals surface area contributed by atoms with Crippen molar-refractivity contribution in [1.82, 2.24) is 19.3 Å². The first-order chi connectivity index (χ1) is 11.5. The van der Waals surface area contributed by atoms with Crippen molar-refractivity contribution >= 4 is 39.6 Å². The molecule has 0 fully saturated rings. The van der Waals surface area contributed by atoms with Crippen LogP contribution in [0.2, 0.25) is 0 Å². The van der Waals surface area contributed by atoms with Crippen LogP contribution >= 0.6 is 0 Å². The number of hydrogen-bond acceptors (Lipinski definition) is 4. The fraction of sp³-hybridized carbons (Fsp3) is 0.118. The molecule has 0 aliphatic heterocycles. The maximum atomic E-state index is 12.4. The summed E-state index contributed by atoms with van der Waals surface area (Å²) in [5.41, 5.74) is 0.907. The van der Waals surface area contributed by atoms with E-state index in [2.05, 4.69) is 9.97 Å². The average Bonchev–Trinajstić information content (AvgIpc) is 3.09. The van der Waals surface area contributed by atoms with Gasteiger partial charge in [0.1, 0.15) is 0 Å². The molecule has 0 unspecified atom stereocenters. The number of aromatic carboxylic acids is 1. The smallest absolute Gasteiger partial charge is 0.356 e. The van der Waals surface area contributed by atoms with Crippen molar-refractivity contribution < 1.29 is 9.90 Å². The van der Waals surface area contributed by atoms with E-state index in [1.54, 1.807) is 4.40 Å². The van der Waals surface area contributed by atoms with Crippen molar-refractivity contribution in [3.8, 4) is 0 Å². The molecule has 2 N–H and O–H groups in total. The molecule has 2 heterocycles. The normalized spacial score (nSPS) is 12.5. The first-order valence-corrected chi connectivity index (χ1v) is 7.34. The molecule has 2 aromatic heterocycles. The minimum Gasteiger partial charge on any atom is -0.476 e. The highest BCUT2D eigenvalue weighted by Crippen LogP contribution is 2.22. The number of nitrogens with one attached hydrogen (secondary N) is 1. The van der Waals surface area contributed by atoms with Gasteiger partial charge in [-0.15, -0.1) is 0 Å². The van der Waals surface area contributed by atoms with Crippen LogP contribution in [0.25, 0.3) is 33.7 Å². The Morgan fingerprint density at radius 3 is 2.67 bits per heavy atom. The van der Waals surface area contributed by atoms with Gasteiger partial charge in [-0.2, -0.15) is 0 Å². The first kappa shape index (κ1) is 14.3. The highest BCUT2D eigenvalue weighted by molar-refractivity contribution is 6.09. The summed E-state index contributed by atoms with van der Waals surface area (Å²) in [7, 11) is 3.82. The number of fused-ring (bicyclic) bond motifs is 5. The molecule has 7 heteroatoms. The van der Waals surface area contributed by atoms with E-state index in [-0.39, 0.29) is 11.3 Å². The highest BCUT2D eigenvalue weighted by Gasteiger charge is 2.17. The van der Waals surface area contributed by atoms with Gasteiger partial charge in [-0.05, 0) is 5.39 Å². The molecule has 2 aromatic carbocycles. The van der Waals surface area contributed by atoms with E-state index in [4.69, 9.17) is 0 Å². The molecular weight excluding hydrogens is 308 g/mol. The van der Waals surface area contributed by atoms with Crippen molar-refractivity contribution in [1.29, 1.82) is 0 Å². The number of carbonyl (C=O) groups is 1. The summed E-state index contributed by atoms with van der Waals surface area (Å²) in [5, 5.41) is 12.0. The zero-order valence-electron chi connectivity index (χ0n) is 13.1. The number of imidazole rings is 1. The Hall–Kier alpha value is -3.35. The Balaban J connectivity index is 2.36. The van der Waals surface area contributed by atoms with E-state index in [1.165, 1.54) is 6.20 Å². The van der Waals surface area contributed by atoms with Gasteiger partial charge in [0.2, 0.25) is 5.65 Å². The minimum atomic E-state index is -1.17. The van der Waals surface area contributed by atoms with Gasteiger partial charge in [0.25, 0.3) is 5.56 Å². The number of H-pyrrole nitrogens is 1. The molecule has 0 aliphatic carbocycles. The van der Waals surface area contributed by atoms with E-state index in [9.17, 15) is 14.7 Å². The summed E-state index contributed by atoms with van der Waals surface area (Å²) in [4.78, 5) is 32.3. The number of carboxylic acid groups (broad SMARTS) is 1. The maximum absolute atomic E-state index is 12.4. The zero-order valence-corrected chi connectivity index (χ0v) is 13.1. The molecule has 0 radical (unpaired) electrons. The van der Waals surface area contributed by atoms with Crippen LogP contribution in [-0.4, -0.2) is 44.4 Å². The zero-order chi connectivity index (χ0) is 17.0. The second kappa shape index (κ2) is 4.82. The van der Waals surface area contributed by atoms with Crippen LogP contribution in [0, 0.1) is 0 Å². The second-order valence-corrected chi connectivity index (χ2v) is 5.85. The van der Waals surface area contributed by atoms with Crippen molar-refractivity contribution in [2.45, 2.75) is 0 Å². The Bertz CT molecular complexity index is 1230. The Morgan fingerprint density at radius 1 is 1.29 bits per heavy atom. The SMILES string of the molecule is CN(C)/C=c1\c2ccccc2c2[nH]c(=O)c3nc(C(=O)O)cn3c12. The predicted molar refractivity (Wildman–Crippen MR) is 91.2 cm³/mol. The van der Waals surface area contributed by atoms with Crippen molar-refractivity contribution in [3.63, 3.8) is 0 Å². The molecule has 0 saturated carbocycles. The van der Waals surface area contributed by atoms with Crippen LogP contribution in [0.15, 0.2) is 35.3 Å². The van der Waals surface area contributed by atoms with Crippen LogP contribution in [0.5, 0.6) is 0 Å². The molecule has 4 aromatic rings. The van der Waals surface area contributed by atoms with Gasteiger partial charge >= 0.3 is 5.97 Å². The third kappa shape index (κ3) is 1.88. The van der Waals surface area contributed by atoms with Gasteiger partial charge in [0, 0.05) is 37.1 Å². The predicted octanol–water partition coefficient (Wildman–Crippen LogP) is 1.05. The van der Waals surface area contributed by atoms with E-state index in [1.807, 2.05) is 49.5 Å². The summed E-state index contributed by atoms with van der Waals surface area (Å²) < 4.78 is 1.56. The van der Waals surface area contributed by atoms with Gasteiger partial charge < -0.3 is 15.0 Å². The van der Waals surface area contributed by atoms with E-state index in [0.717, 1.165) is 21.5 Å². The molecule has 0 saturated heterocycles. The fourth-order valence-electron chi connectivity index (χ4n) is 3.07. The summed E-state index contributed by atoms with van der Waals surface area (Å²) >= 11 is 0. The fourth-order valence-corrected chi connectivity index (χ4v) is 3.07. The lowest BCUT2D eigenvalue weighted by molar-refractivity contribution is 0.0691. The van der Waals surface area contributed by atoms with Crippen LogP contribution < -0.4 is 10.8 Å². The van der Waals surface area contributed by atoms with Gasteiger partial charge in [0.15, 0.2) is 5.69 Å². The monoisotopic (exact) mass is 322 g/mol. The van der Waals surface area contributed by atoms with Gasteiger partial charge in [-0.3, -0.25) is 9.20 Å². The lowest BCUT2D eigenvalue weighted by Crippen LogP contribution is -2.15.